The van der Waals surface area contributed by atoms with Crippen molar-refractivity contribution in [2.45, 2.75) is 56.3 Å². The predicted octanol–water partition coefficient (Wildman–Crippen LogP) is 1.84. The summed E-state index contributed by atoms with van der Waals surface area (Å²) in [5, 5.41) is 10.4. The van der Waals surface area contributed by atoms with Crippen molar-refractivity contribution in [1.82, 2.24) is 0 Å². The molecular weight excluding hydrogens is 204 g/mol. The zero-order chi connectivity index (χ0) is 11.5. The lowest BCUT2D eigenvalue weighted by atomic mass is 9.78. The summed E-state index contributed by atoms with van der Waals surface area (Å²) in [6.45, 7) is 1.38. The Hall–Kier alpha value is -0.560. The largest absolute Gasteiger partial charge is 0.390 e. The molecule has 3 nitrogen and oxygen atoms in total. The number of hydrogen-bond donors (Lipinski definition) is 1. The molecule has 0 amide bonds. The Morgan fingerprint density at radius 3 is 2.31 bits per heavy atom. The lowest BCUT2D eigenvalue weighted by Crippen LogP contribution is -2.43. The van der Waals surface area contributed by atoms with Crippen molar-refractivity contribution in [2.75, 3.05) is 13.2 Å². The highest BCUT2D eigenvalue weighted by molar-refractivity contribution is 4.92. The van der Waals surface area contributed by atoms with Crippen molar-refractivity contribution in [1.29, 1.82) is 0 Å². The van der Waals surface area contributed by atoms with Crippen molar-refractivity contribution in [3.63, 3.8) is 0 Å². The molecule has 0 aromatic carbocycles. The molecule has 1 N–H and O–H groups in total. The van der Waals surface area contributed by atoms with Gasteiger partial charge >= 0.3 is 0 Å². The number of ether oxygens (including phenoxy) is 2. The van der Waals surface area contributed by atoms with Crippen LogP contribution in [0.5, 0.6) is 0 Å². The van der Waals surface area contributed by atoms with Gasteiger partial charge < -0.3 is 14.6 Å². The normalized spacial score (nSPS) is 26.8. The average Bonchev–Trinajstić information content (AvgIpc) is 2.73. The SMILES string of the molecule is C#CCCCC1(O)CCC2(CC1)OCCO2. The van der Waals surface area contributed by atoms with Crippen LogP contribution >= 0.6 is 0 Å². The van der Waals surface area contributed by atoms with Crippen LogP contribution in [0.25, 0.3) is 0 Å². The summed E-state index contributed by atoms with van der Waals surface area (Å²) in [6, 6.07) is 0. The molecule has 2 fully saturated rings. The molecule has 1 aliphatic carbocycles. The van der Waals surface area contributed by atoms with Gasteiger partial charge in [0.1, 0.15) is 0 Å². The quantitative estimate of drug-likeness (QED) is 0.587. The Kier molecular flexibility index (Phi) is 3.53. The highest BCUT2D eigenvalue weighted by Gasteiger charge is 2.45. The minimum Gasteiger partial charge on any atom is -0.390 e. The van der Waals surface area contributed by atoms with Crippen molar-refractivity contribution < 1.29 is 14.6 Å². The van der Waals surface area contributed by atoms with Crippen LogP contribution < -0.4 is 0 Å². The van der Waals surface area contributed by atoms with Crippen LogP contribution in [0.2, 0.25) is 0 Å². The first-order valence-corrected chi connectivity index (χ1v) is 6.12. The maximum atomic E-state index is 10.4. The van der Waals surface area contributed by atoms with Crippen LogP contribution in [0.4, 0.5) is 0 Å². The summed E-state index contributed by atoms with van der Waals surface area (Å²) >= 11 is 0. The van der Waals surface area contributed by atoms with Gasteiger partial charge in [0.15, 0.2) is 5.79 Å². The summed E-state index contributed by atoms with van der Waals surface area (Å²) in [4.78, 5) is 0. The van der Waals surface area contributed by atoms with Crippen LogP contribution in [0.15, 0.2) is 0 Å². The molecule has 1 heterocycles. The molecular formula is C13H20O3. The third kappa shape index (κ3) is 2.57. The van der Waals surface area contributed by atoms with Gasteiger partial charge in [-0.05, 0) is 25.7 Å². The predicted molar refractivity (Wildman–Crippen MR) is 60.7 cm³/mol. The molecule has 0 bridgehead atoms. The Bertz CT molecular complexity index is 263. The van der Waals surface area contributed by atoms with Gasteiger partial charge in [0.25, 0.3) is 0 Å². The highest BCUT2D eigenvalue weighted by Crippen LogP contribution is 2.41. The second-order valence-electron chi connectivity index (χ2n) is 4.89. The van der Waals surface area contributed by atoms with Crippen LogP contribution in [0.1, 0.15) is 44.9 Å². The van der Waals surface area contributed by atoms with Crippen LogP contribution in [-0.4, -0.2) is 29.7 Å². The van der Waals surface area contributed by atoms with Crippen LogP contribution in [-0.2, 0) is 9.47 Å². The van der Waals surface area contributed by atoms with Gasteiger partial charge in [-0.1, -0.05) is 0 Å². The molecule has 0 radical (unpaired) electrons. The monoisotopic (exact) mass is 224 g/mol. The molecule has 0 aromatic heterocycles. The minimum absolute atomic E-state index is 0.377. The zero-order valence-electron chi connectivity index (χ0n) is 9.71. The second-order valence-corrected chi connectivity index (χ2v) is 4.89. The van der Waals surface area contributed by atoms with Gasteiger partial charge in [-0.25, -0.2) is 0 Å². The van der Waals surface area contributed by atoms with Gasteiger partial charge in [-0.15, -0.1) is 12.3 Å². The van der Waals surface area contributed by atoms with Gasteiger partial charge in [-0.3, -0.25) is 0 Å². The molecule has 16 heavy (non-hydrogen) atoms. The maximum Gasteiger partial charge on any atom is 0.168 e. The first-order chi connectivity index (χ1) is 7.68. The first-order valence-electron chi connectivity index (χ1n) is 6.12. The minimum atomic E-state index is -0.544. The summed E-state index contributed by atoms with van der Waals surface area (Å²) in [6.07, 6.45) is 10.8. The number of rotatable bonds is 3. The zero-order valence-corrected chi connectivity index (χ0v) is 9.71. The molecule has 1 saturated heterocycles. The van der Waals surface area contributed by atoms with Gasteiger partial charge in [0.05, 0.1) is 18.8 Å². The smallest absolute Gasteiger partial charge is 0.168 e. The van der Waals surface area contributed by atoms with Gasteiger partial charge in [0, 0.05) is 19.3 Å². The van der Waals surface area contributed by atoms with E-state index in [4.69, 9.17) is 15.9 Å². The van der Waals surface area contributed by atoms with E-state index >= 15 is 0 Å². The van der Waals surface area contributed by atoms with E-state index in [1.54, 1.807) is 0 Å². The third-order valence-corrected chi connectivity index (χ3v) is 3.72. The number of terminal acetylenes is 1. The summed E-state index contributed by atoms with van der Waals surface area (Å²) < 4.78 is 11.3. The average molecular weight is 224 g/mol. The number of hydrogen-bond acceptors (Lipinski definition) is 3. The van der Waals surface area contributed by atoms with Crippen LogP contribution in [0, 0.1) is 12.3 Å². The van der Waals surface area contributed by atoms with Crippen molar-refractivity contribution in [3.05, 3.63) is 0 Å². The number of unbranched alkanes of at least 4 members (excludes halogenated alkanes) is 1. The Labute approximate surface area is 97.1 Å². The Morgan fingerprint density at radius 1 is 1.12 bits per heavy atom. The molecule has 1 aliphatic heterocycles. The number of aliphatic hydroxyl groups is 1. The fraction of sp³-hybridized carbons (Fsp3) is 0.846. The summed E-state index contributed by atoms with van der Waals surface area (Å²) in [5.74, 6) is 2.24. The molecule has 0 aromatic rings. The van der Waals surface area contributed by atoms with E-state index in [1.807, 2.05) is 0 Å². The van der Waals surface area contributed by atoms with E-state index in [1.165, 1.54) is 0 Å². The third-order valence-electron chi connectivity index (χ3n) is 3.72. The molecule has 3 heteroatoms. The Morgan fingerprint density at radius 2 is 1.75 bits per heavy atom. The van der Waals surface area contributed by atoms with Crippen molar-refractivity contribution >= 4 is 0 Å². The first kappa shape index (κ1) is 11.9. The van der Waals surface area contributed by atoms with Crippen molar-refractivity contribution in [2.24, 2.45) is 0 Å². The van der Waals surface area contributed by atoms with E-state index in [0.717, 1.165) is 44.9 Å². The molecule has 1 spiro atoms. The maximum absolute atomic E-state index is 10.4. The Balaban J connectivity index is 1.81. The fourth-order valence-corrected chi connectivity index (χ4v) is 2.65. The van der Waals surface area contributed by atoms with E-state index in [-0.39, 0.29) is 5.79 Å². The molecule has 0 atom stereocenters. The molecule has 2 aliphatic rings. The fourth-order valence-electron chi connectivity index (χ4n) is 2.65. The standard InChI is InChI=1S/C13H20O3/c1-2-3-4-5-12(14)6-8-13(9-7-12)15-10-11-16-13/h1,14H,3-11H2. The van der Waals surface area contributed by atoms with Crippen LogP contribution in [0.3, 0.4) is 0 Å². The lowest BCUT2D eigenvalue weighted by molar-refractivity contribution is -0.203. The lowest BCUT2D eigenvalue weighted by Gasteiger charge is -2.40. The second kappa shape index (κ2) is 4.75. The van der Waals surface area contributed by atoms with Crippen molar-refractivity contribution in [3.8, 4) is 12.3 Å². The molecule has 90 valence electrons. The van der Waals surface area contributed by atoms with E-state index in [2.05, 4.69) is 5.92 Å². The summed E-state index contributed by atoms with van der Waals surface area (Å²) in [7, 11) is 0. The summed E-state index contributed by atoms with van der Waals surface area (Å²) in [5.41, 5.74) is -0.544. The molecule has 2 rings (SSSR count). The topological polar surface area (TPSA) is 38.7 Å². The van der Waals surface area contributed by atoms with E-state index in [9.17, 15) is 5.11 Å². The van der Waals surface area contributed by atoms with E-state index < -0.39 is 5.60 Å². The van der Waals surface area contributed by atoms with E-state index in [0.29, 0.717) is 13.2 Å². The van der Waals surface area contributed by atoms with Gasteiger partial charge in [0.2, 0.25) is 0 Å². The molecule has 0 unspecified atom stereocenters. The van der Waals surface area contributed by atoms with Gasteiger partial charge in [-0.2, -0.15) is 0 Å². The molecule has 1 saturated carbocycles. The highest BCUT2D eigenvalue weighted by atomic mass is 16.7.